The summed E-state index contributed by atoms with van der Waals surface area (Å²) >= 11 is 12.1. The van der Waals surface area contributed by atoms with Crippen LogP contribution in [0, 0.1) is 0 Å². The molecule has 2 aromatic heterocycles. The number of nitrogens with zero attached hydrogens (tertiary/aromatic N) is 5. The van der Waals surface area contributed by atoms with Crippen molar-refractivity contribution in [3.63, 3.8) is 0 Å². The predicted octanol–water partition coefficient (Wildman–Crippen LogP) is 3.81. The molecule has 0 aliphatic rings. The van der Waals surface area contributed by atoms with E-state index >= 15 is 0 Å². The molecule has 2 aromatic carbocycles. The van der Waals surface area contributed by atoms with Crippen LogP contribution in [0.1, 0.15) is 0 Å². The highest BCUT2D eigenvalue weighted by atomic mass is 35.5. The Morgan fingerprint density at radius 2 is 1.19 bits per heavy atom. The molecule has 0 fully saturated rings. The summed E-state index contributed by atoms with van der Waals surface area (Å²) in [6, 6.07) is 14.3. The summed E-state index contributed by atoms with van der Waals surface area (Å²) in [6.07, 6.45) is 3.13. The van der Waals surface area contributed by atoms with Crippen LogP contribution in [0.3, 0.4) is 0 Å². The van der Waals surface area contributed by atoms with Gasteiger partial charge in [0.2, 0.25) is 0 Å². The Morgan fingerprint density at radius 1 is 0.750 bits per heavy atom. The van der Waals surface area contributed by atoms with Crippen LogP contribution in [-0.4, -0.2) is 58.0 Å². The Labute approximate surface area is 194 Å². The molecule has 2 N–H and O–H groups in total. The lowest BCUT2D eigenvalue weighted by atomic mass is 10.2. The molecule has 0 saturated heterocycles. The molecule has 166 valence electrons. The molecule has 0 atom stereocenters. The molecule has 9 heteroatoms. The zero-order valence-electron chi connectivity index (χ0n) is 17.5. The molecule has 0 bridgehead atoms. The lowest BCUT2D eigenvalue weighted by Gasteiger charge is -2.13. The fourth-order valence-electron chi connectivity index (χ4n) is 3.51. The first-order chi connectivity index (χ1) is 15.4. The smallest absolute Gasteiger partial charge is 0.0901 e. The Hall–Kier alpha value is -3.00. The minimum absolute atomic E-state index is 0.559. The molecule has 2 heterocycles. The minimum atomic E-state index is 0.559. The quantitative estimate of drug-likeness (QED) is 0.419. The third kappa shape index (κ3) is 4.91. The number of pyridine rings is 2. The molecule has 0 saturated carbocycles. The second kappa shape index (κ2) is 9.65. The molecule has 7 nitrogen and oxygen atoms in total. The van der Waals surface area contributed by atoms with Crippen molar-refractivity contribution in [2.24, 2.45) is 9.98 Å². The maximum absolute atomic E-state index is 10.00. The maximum atomic E-state index is 10.00. The van der Waals surface area contributed by atoms with Crippen molar-refractivity contribution < 1.29 is 10.4 Å². The van der Waals surface area contributed by atoms with Gasteiger partial charge in [-0.3, -0.25) is 9.98 Å². The zero-order chi connectivity index (χ0) is 22.7. The highest BCUT2D eigenvalue weighted by molar-refractivity contribution is 6.31. The second-order valence-corrected chi connectivity index (χ2v) is 8.35. The van der Waals surface area contributed by atoms with Crippen molar-refractivity contribution in [2.45, 2.75) is 0 Å². The largest absolute Gasteiger partial charge is 0.428 e. The first kappa shape index (κ1) is 22.2. The summed E-state index contributed by atoms with van der Waals surface area (Å²) in [4.78, 5) is 11.5. The third-order valence-electron chi connectivity index (χ3n) is 5.24. The van der Waals surface area contributed by atoms with Crippen molar-refractivity contribution in [1.82, 2.24) is 14.4 Å². The van der Waals surface area contributed by atoms with Crippen molar-refractivity contribution in [3.8, 4) is 0 Å². The Morgan fingerprint density at radius 3 is 1.62 bits per heavy atom. The monoisotopic (exact) mass is 471 g/mol. The van der Waals surface area contributed by atoms with Crippen LogP contribution < -0.4 is 10.7 Å². The Balaban J connectivity index is 1.42. The highest BCUT2D eigenvalue weighted by Crippen LogP contribution is 2.16. The van der Waals surface area contributed by atoms with E-state index < -0.39 is 0 Å². The number of rotatable bonds is 6. The number of hydrogen-bond donors (Lipinski definition) is 2. The van der Waals surface area contributed by atoms with Gasteiger partial charge in [-0.25, -0.2) is 0 Å². The molecule has 32 heavy (non-hydrogen) atoms. The summed E-state index contributed by atoms with van der Waals surface area (Å²) < 4.78 is 2.10. The number of aromatic nitrogens is 2. The van der Waals surface area contributed by atoms with E-state index in [0.29, 0.717) is 34.2 Å². The lowest BCUT2D eigenvalue weighted by Crippen LogP contribution is -2.26. The lowest BCUT2D eigenvalue weighted by molar-refractivity contribution is 0.197. The van der Waals surface area contributed by atoms with Gasteiger partial charge in [-0.1, -0.05) is 23.2 Å². The molecule has 0 radical (unpaired) electrons. The molecular formula is C23H23Cl2N5O2. The molecule has 4 rings (SSSR count). The summed E-state index contributed by atoms with van der Waals surface area (Å²) in [7, 11) is 2.03. The third-order valence-corrected chi connectivity index (χ3v) is 5.71. The van der Waals surface area contributed by atoms with E-state index in [4.69, 9.17) is 23.2 Å². The Bertz CT molecular complexity index is 1300. The Kier molecular flexibility index (Phi) is 6.69. The number of hydrogen-bond acceptors (Lipinski definition) is 5. The van der Waals surface area contributed by atoms with E-state index in [-0.39, 0.29) is 0 Å². The van der Waals surface area contributed by atoms with Crippen molar-refractivity contribution in [3.05, 3.63) is 81.7 Å². The van der Waals surface area contributed by atoms with Gasteiger partial charge in [-0.05, 0) is 55.6 Å². The van der Waals surface area contributed by atoms with Crippen LogP contribution in [0.15, 0.2) is 70.9 Å². The van der Waals surface area contributed by atoms with Gasteiger partial charge in [0, 0.05) is 46.3 Å². The highest BCUT2D eigenvalue weighted by Gasteiger charge is 2.04. The molecule has 0 aliphatic heterocycles. The molecule has 0 unspecified atom stereocenters. The van der Waals surface area contributed by atoms with E-state index in [9.17, 15) is 10.4 Å². The van der Waals surface area contributed by atoms with Crippen LogP contribution in [-0.2, 0) is 0 Å². The van der Waals surface area contributed by atoms with Gasteiger partial charge in [0.1, 0.15) is 0 Å². The number of likely N-dealkylation sites (N-methyl/N-ethyl adjacent to an activating group) is 1. The average molecular weight is 472 g/mol. The zero-order valence-corrected chi connectivity index (χ0v) is 19.0. The second-order valence-electron chi connectivity index (χ2n) is 7.48. The van der Waals surface area contributed by atoms with Gasteiger partial charge in [0.25, 0.3) is 0 Å². The normalized spacial score (nSPS) is 13.0. The van der Waals surface area contributed by atoms with Gasteiger partial charge < -0.3 is 15.3 Å². The van der Waals surface area contributed by atoms with Crippen LogP contribution in [0.25, 0.3) is 21.8 Å². The number of halogens is 2. The SMILES string of the molecule is CN(CCN=c1ccn(O)c2cc(Cl)ccc12)CCN=c1ccn(O)c2cc(Cl)ccc12. The van der Waals surface area contributed by atoms with E-state index in [1.165, 1.54) is 0 Å². The van der Waals surface area contributed by atoms with Crippen LogP contribution in [0.4, 0.5) is 0 Å². The predicted molar refractivity (Wildman–Crippen MR) is 127 cm³/mol. The van der Waals surface area contributed by atoms with Gasteiger partial charge >= 0.3 is 0 Å². The first-order valence-electron chi connectivity index (χ1n) is 10.1. The van der Waals surface area contributed by atoms with Crippen molar-refractivity contribution >= 4 is 45.0 Å². The molecular weight excluding hydrogens is 449 g/mol. The van der Waals surface area contributed by atoms with Crippen LogP contribution in [0.2, 0.25) is 10.0 Å². The summed E-state index contributed by atoms with van der Waals surface area (Å²) in [5.41, 5.74) is 1.23. The molecule has 0 spiro atoms. The van der Waals surface area contributed by atoms with Crippen LogP contribution in [0.5, 0.6) is 0 Å². The van der Waals surface area contributed by atoms with Gasteiger partial charge in [-0.2, -0.15) is 9.46 Å². The van der Waals surface area contributed by atoms with Gasteiger partial charge in [-0.15, -0.1) is 0 Å². The van der Waals surface area contributed by atoms with E-state index in [1.807, 2.05) is 19.2 Å². The standard InChI is InChI=1S/C23H23Cl2N5O2/c1-28(12-8-26-20-6-10-29(31)22-14-16(24)2-4-18(20)22)13-9-27-21-7-11-30(32)23-15-17(25)3-5-19(21)23/h2-7,10-11,14-15,31-32H,8-9,12-13H2,1H3. The van der Waals surface area contributed by atoms with Crippen LogP contribution >= 0.6 is 23.2 Å². The molecule has 4 aromatic rings. The summed E-state index contributed by atoms with van der Waals surface area (Å²) in [6.45, 7) is 2.75. The average Bonchev–Trinajstić information content (AvgIpc) is 2.77. The topological polar surface area (TPSA) is 78.3 Å². The van der Waals surface area contributed by atoms with E-state index in [2.05, 4.69) is 14.9 Å². The van der Waals surface area contributed by atoms with Gasteiger partial charge in [0.15, 0.2) is 0 Å². The maximum Gasteiger partial charge on any atom is 0.0901 e. The van der Waals surface area contributed by atoms with Crippen molar-refractivity contribution in [1.29, 1.82) is 0 Å². The minimum Gasteiger partial charge on any atom is -0.428 e. The van der Waals surface area contributed by atoms with Crippen molar-refractivity contribution in [2.75, 3.05) is 33.2 Å². The summed E-state index contributed by atoms with van der Waals surface area (Å²) in [5.74, 6) is 0. The number of benzene rings is 2. The van der Waals surface area contributed by atoms with Gasteiger partial charge in [0.05, 0.1) is 34.8 Å². The van der Waals surface area contributed by atoms with E-state index in [0.717, 1.165) is 44.0 Å². The summed E-state index contributed by atoms with van der Waals surface area (Å²) in [5, 5.41) is 24.4. The fraction of sp³-hybridized carbons (Fsp3) is 0.217. The molecule has 0 amide bonds. The molecule has 0 aliphatic carbocycles. The van der Waals surface area contributed by atoms with E-state index in [1.54, 1.807) is 48.8 Å². The first-order valence-corrected chi connectivity index (χ1v) is 10.9. The fourth-order valence-corrected chi connectivity index (χ4v) is 3.85. The number of fused-ring (bicyclic) bond motifs is 2.